The highest BCUT2D eigenvalue weighted by atomic mass is 16.5. The van der Waals surface area contributed by atoms with E-state index in [-0.39, 0.29) is 35.3 Å². The topological polar surface area (TPSA) is 145 Å². The van der Waals surface area contributed by atoms with E-state index in [0.717, 1.165) is 4.90 Å². The molecular weight excluding hydrogens is 424 g/mol. The summed E-state index contributed by atoms with van der Waals surface area (Å²) in [4.78, 5) is 48.4. The molecule has 1 aromatic heterocycles. The first-order valence-corrected chi connectivity index (χ1v) is 9.32. The predicted molar refractivity (Wildman–Crippen MR) is 108 cm³/mol. The van der Waals surface area contributed by atoms with Gasteiger partial charge in [0.1, 0.15) is 11.5 Å². The van der Waals surface area contributed by atoms with Crippen molar-refractivity contribution in [3.05, 3.63) is 53.1 Å². The van der Waals surface area contributed by atoms with Crippen molar-refractivity contribution in [3.63, 3.8) is 0 Å². The molecule has 168 valence electrons. The second kappa shape index (κ2) is 9.25. The largest absolute Gasteiger partial charge is 0.493 e. The van der Waals surface area contributed by atoms with E-state index >= 15 is 0 Å². The molecule has 1 fully saturated rings. The number of amides is 3. The summed E-state index contributed by atoms with van der Waals surface area (Å²) in [7, 11) is 2.60. The van der Waals surface area contributed by atoms with E-state index in [9.17, 15) is 19.2 Å². The second-order valence-corrected chi connectivity index (χ2v) is 6.65. The maximum absolute atomic E-state index is 12.7. The molecule has 2 N–H and O–H groups in total. The minimum atomic E-state index is -1.13. The van der Waals surface area contributed by atoms with E-state index in [1.54, 1.807) is 6.07 Å². The lowest BCUT2D eigenvalue weighted by Crippen LogP contribution is -2.30. The lowest BCUT2D eigenvalue weighted by Gasteiger charge is -2.14. The molecule has 2 heterocycles. The number of esters is 1. The smallest absolute Gasteiger partial charge is 0.373 e. The Kier molecular flexibility index (Phi) is 6.47. The van der Waals surface area contributed by atoms with Crippen LogP contribution in [-0.2, 0) is 20.9 Å². The van der Waals surface area contributed by atoms with E-state index in [0.29, 0.717) is 5.56 Å². The molecule has 0 aliphatic carbocycles. The molecule has 1 saturated heterocycles. The Balaban J connectivity index is 1.77. The molecule has 1 atom stereocenters. The summed E-state index contributed by atoms with van der Waals surface area (Å²) in [5, 5.41) is 11.5. The van der Waals surface area contributed by atoms with Gasteiger partial charge < -0.3 is 29.1 Å². The van der Waals surface area contributed by atoms with Crippen LogP contribution in [-0.4, -0.2) is 54.2 Å². The number of nitrogens with zero attached hydrogens (tertiary/aromatic N) is 1. The average molecular weight is 444 g/mol. The van der Waals surface area contributed by atoms with E-state index in [1.807, 2.05) is 0 Å². The Morgan fingerprint density at radius 1 is 1.19 bits per heavy atom. The van der Waals surface area contributed by atoms with E-state index in [1.165, 1.54) is 51.5 Å². The molecule has 11 nitrogen and oxygen atoms in total. The van der Waals surface area contributed by atoms with Gasteiger partial charge in [0.25, 0.3) is 5.91 Å². The number of carboxylic acids is 1. The number of aliphatic carboxylic acids is 1. The first-order chi connectivity index (χ1) is 15.2. The summed E-state index contributed by atoms with van der Waals surface area (Å²) in [6.07, 6.45) is 0.355. The average Bonchev–Trinajstić information content (AvgIpc) is 3.34. The van der Waals surface area contributed by atoms with Crippen molar-refractivity contribution in [1.82, 2.24) is 10.2 Å². The van der Waals surface area contributed by atoms with Gasteiger partial charge in [-0.1, -0.05) is 6.07 Å². The Morgan fingerprint density at radius 2 is 1.94 bits per heavy atom. The van der Waals surface area contributed by atoms with Crippen molar-refractivity contribution in [2.75, 3.05) is 14.2 Å². The number of furan rings is 1. The van der Waals surface area contributed by atoms with Crippen molar-refractivity contribution in [2.24, 2.45) is 0 Å². The molecule has 0 radical (unpaired) electrons. The Labute approximate surface area is 182 Å². The third kappa shape index (κ3) is 4.72. The Bertz CT molecular complexity index is 1100. The normalized spacial score (nSPS) is 15.5. The third-order valence-corrected chi connectivity index (χ3v) is 4.47. The first-order valence-electron chi connectivity index (χ1n) is 9.32. The molecular formula is C21H20N2O9. The molecule has 2 aromatic rings. The molecule has 0 unspecified atom stereocenters. The van der Waals surface area contributed by atoms with E-state index < -0.39 is 30.0 Å². The number of carboxylic acid groups (broad SMARTS) is 1. The molecule has 1 aliphatic heterocycles. The number of carbonyl (C=O) groups is 4. The van der Waals surface area contributed by atoms with Crippen LogP contribution in [0.4, 0.5) is 4.79 Å². The predicted octanol–water partition coefficient (Wildman–Crippen LogP) is 2.02. The number of carbonyl (C=O) groups excluding carboxylic acids is 3. The number of rotatable bonds is 8. The molecule has 3 amide bonds. The monoisotopic (exact) mass is 444 g/mol. The number of hydrogen-bond acceptors (Lipinski definition) is 8. The number of nitrogens with one attached hydrogen (secondary N) is 1. The van der Waals surface area contributed by atoms with Gasteiger partial charge in [-0.3, -0.25) is 9.69 Å². The highest BCUT2D eigenvalue weighted by molar-refractivity contribution is 6.13. The van der Waals surface area contributed by atoms with Crippen LogP contribution in [0.1, 0.15) is 28.8 Å². The molecule has 1 aromatic carbocycles. The number of ether oxygens (including phenoxy) is 3. The minimum absolute atomic E-state index is 0.0179. The fourth-order valence-electron chi connectivity index (χ4n) is 2.82. The zero-order valence-corrected chi connectivity index (χ0v) is 17.4. The molecule has 0 saturated carbocycles. The highest BCUT2D eigenvalue weighted by Crippen LogP contribution is 2.30. The zero-order valence-electron chi connectivity index (χ0n) is 17.4. The lowest BCUT2D eigenvalue weighted by molar-refractivity contribution is -0.144. The summed E-state index contributed by atoms with van der Waals surface area (Å²) in [6.45, 7) is 1.20. The molecule has 0 spiro atoms. The highest BCUT2D eigenvalue weighted by Gasteiger charge is 2.34. The minimum Gasteiger partial charge on any atom is -0.493 e. The van der Waals surface area contributed by atoms with Crippen LogP contribution in [0.3, 0.4) is 0 Å². The summed E-state index contributed by atoms with van der Waals surface area (Å²) >= 11 is 0. The second-order valence-electron chi connectivity index (χ2n) is 6.65. The summed E-state index contributed by atoms with van der Waals surface area (Å²) in [5.74, 6) is -1.74. The summed E-state index contributed by atoms with van der Waals surface area (Å²) in [6, 6.07) is 6.82. The number of benzene rings is 1. The van der Waals surface area contributed by atoms with Crippen molar-refractivity contribution >= 4 is 30.0 Å². The van der Waals surface area contributed by atoms with Crippen molar-refractivity contribution in [3.8, 4) is 11.5 Å². The van der Waals surface area contributed by atoms with Gasteiger partial charge in [-0.15, -0.1) is 0 Å². The van der Waals surface area contributed by atoms with Crippen LogP contribution in [0.15, 0.2) is 40.4 Å². The van der Waals surface area contributed by atoms with Crippen molar-refractivity contribution in [1.29, 1.82) is 0 Å². The Hall–Kier alpha value is -4.28. The van der Waals surface area contributed by atoms with Crippen molar-refractivity contribution < 1.29 is 42.9 Å². The lowest BCUT2D eigenvalue weighted by atomic mass is 10.1. The van der Waals surface area contributed by atoms with Gasteiger partial charge in [0, 0.05) is 0 Å². The fourth-order valence-corrected chi connectivity index (χ4v) is 2.82. The van der Waals surface area contributed by atoms with Crippen LogP contribution in [0.2, 0.25) is 0 Å². The van der Waals surface area contributed by atoms with Gasteiger partial charge in [-0.25, -0.2) is 14.4 Å². The van der Waals surface area contributed by atoms with Gasteiger partial charge in [-0.05, 0) is 42.8 Å². The van der Waals surface area contributed by atoms with Gasteiger partial charge >= 0.3 is 18.0 Å². The fraction of sp³-hybridized carbons (Fsp3) is 0.238. The molecule has 3 rings (SSSR count). The molecule has 1 aliphatic rings. The van der Waals surface area contributed by atoms with E-state index in [4.69, 9.17) is 19.0 Å². The van der Waals surface area contributed by atoms with Crippen LogP contribution < -0.4 is 14.8 Å². The van der Waals surface area contributed by atoms with Gasteiger partial charge in [0.2, 0.25) is 5.76 Å². The third-order valence-electron chi connectivity index (χ3n) is 4.47. The van der Waals surface area contributed by atoms with E-state index in [2.05, 4.69) is 10.1 Å². The quantitative estimate of drug-likeness (QED) is 0.355. The maximum atomic E-state index is 12.7. The maximum Gasteiger partial charge on any atom is 0.373 e. The molecule has 0 bridgehead atoms. The summed E-state index contributed by atoms with van der Waals surface area (Å²) < 4.78 is 20.4. The summed E-state index contributed by atoms with van der Waals surface area (Å²) in [5.41, 5.74) is 0.526. The molecule has 11 heteroatoms. The number of methoxy groups -OCH3 is 2. The number of hydrogen-bond donors (Lipinski definition) is 2. The van der Waals surface area contributed by atoms with Crippen LogP contribution in [0.25, 0.3) is 6.08 Å². The first kappa shape index (κ1) is 22.4. The zero-order chi connectivity index (χ0) is 23.4. The van der Waals surface area contributed by atoms with Crippen LogP contribution in [0, 0.1) is 0 Å². The SMILES string of the molecule is COC(=O)c1ccc(CN2C(=O)N/C(=C\c3ccc(O[C@H](C)C(=O)O)c(OC)c3)C2=O)o1. The van der Waals surface area contributed by atoms with Gasteiger partial charge in [0.05, 0.1) is 20.8 Å². The number of urea groups is 1. The van der Waals surface area contributed by atoms with Crippen molar-refractivity contribution in [2.45, 2.75) is 19.6 Å². The molecule has 32 heavy (non-hydrogen) atoms. The van der Waals surface area contributed by atoms with Crippen LogP contribution >= 0.6 is 0 Å². The Morgan fingerprint density at radius 3 is 2.59 bits per heavy atom. The van der Waals surface area contributed by atoms with Gasteiger partial charge in [-0.2, -0.15) is 0 Å². The van der Waals surface area contributed by atoms with Crippen LogP contribution in [0.5, 0.6) is 11.5 Å². The standard InChI is InChI=1S/C21H20N2O9/c1-11(19(25)26)31-15-6-4-12(9-17(15)29-2)8-14-18(24)23(21(28)22-14)10-13-5-7-16(32-13)20(27)30-3/h4-9,11H,10H2,1-3H3,(H,22,28)(H,25,26)/b14-8-/t11-/m1/s1. The number of imide groups is 1. The van der Waals surface area contributed by atoms with Gasteiger partial charge in [0.15, 0.2) is 17.6 Å².